The molecule has 0 radical (unpaired) electrons. The van der Waals surface area contributed by atoms with Gasteiger partial charge in [-0.3, -0.25) is 9.48 Å². The molecule has 0 unspecified atom stereocenters. The second-order valence-corrected chi connectivity index (χ2v) is 4.09. The number of halogens is 2. The molecule has 0 spiro atoms. The van der Waals surface area contributed by atoms with Crippen molar-refractivity contribution in [3.63, 3.8) is 0 Å². The van der Waals surface area contributed by atoms with Crippen LogP contribution in [0.3, 0.4) is 0 Å². The van der Waals surface area contributed by atoms with Crippen molar-refractivity contribution in [3.8, 4) is 0 Å². The molecule has 6 heteroatoms. The average molecular weight is 290 g/mol. The molecule has 0 aromatic carbocycles. The summed E-state index contributed by atoms with van der Waals surface area (Å²) in [6, 6.07) is 3.23. The Morgan fingerprint density at radius 1 is 1.60 bits per heavy atom. The van der Waals surface area contributed by atoms with Crippen LogP contribution < -0.4 is 0 Å². The van der Waals surface area contributed by atoms with Gasteiger partial charge in [-0.2, -0.15) is 5.10 Å². The third kappa shape index (κ3) is 1.85. The molecular formula is C9H6BrClN2O2. The van der Waals surface area contributed by atoms with Crippen LogP contribution in [0.15, 0.2) is 27.4 Å². The number of carbonyl (C=O) groups is 1. The van der Waals surface area contributed by atoms with Gasteiger partial charge in [-0.05, 0) is 28.1 Å². The fraction of sp³-hybridized carbons (Fsp3) is 0.111. The molecule has 78 valence electrons. The Balaban J connectivity index is 2.45. The van der Waals surface area contributed by atoms with Crippen molar-refractivity contribution in [1.82, 2.24) is 9.78 Å². The SMILES string of the molecule is Cn1ncc(Cl)c1C(=O)c1ccc(Br)o1. The van der Waals surface area contributed by atoms with Crippen molar-refractivity contribution >= 4 is 33.3 Å². The van der Waals surface area contributed by atoms with Gasteiger partial charge in [0.2, 0.25) is 5.78 Å². The molecule has 15 heavy (non-hydrogen) atoms. The van der Waals surface area contributed by atoms with Gasteiger partial charge in [0.25, 0.3) is 0 Å². The van der Waals surface area contributed by atoms with Crippen molar-refractivity contribution in [1.29, 1.82) is 0 Å². The highest BCUT2D eigenvalue weighted by molar-refractivity contribution is 9.10. The lowest BCUT2D eigenvalue weighted by Crippen LogP contribution is -2.07. The van der Waals surface area contributed by atoms with Gasteiger partial charge in [0.05, 0.1) is 11.2 Å². The summed E-state index contributed by atoms with van der Waals surface area (Å²) in [5, 5.41) is 4.19. The zero-order chi connectivity index (χ0) is 11.0. The predicted molar refractivity (Wildman–Crippen MR) is 58.1 cm³/mol. The van der Waals surface area contributed by atoms with E-state index in [0.717, 1.165) is 0 Å². The molecule has 0 amide bonds. The van der Waals surface area contributed by atoms with Crippen LogP contribution in [-0.4, -0.2) is 15.6 Å². The first-order valence-electron chi connectivity index (χ1n) is 4.07. The zero-order valence-corrected chi connectivity index (χ0v) is 10.0. The van der Waals surface area contributed by atoms with E-state index in [4.69, 9.17) is 16.0 Å². The fourth-order valence-electron chi connectivity index (χ4n) is 1.22. The van der Waals surface area contributed by atoms with Crippen molar-refractivity contribution in [3.05, 3.63) is 39.5 Å². The summed E-state index contributed by atoms with van der Waals surface area (Å²) < 4.78 is 7.07. The number of rotatable bonds is 2. The molecule has 0 saturated carbocycles. The highest BCUT2D eigenvalue weighted by atomic mass is 79.9. The Bertz CT molecular complexity index is 498. The fourth-order valence-corrected chi connectivity index (χ4v) is 1.78. The number of nitrogens with zero attached hydrogens (tertiary/aromatic N) is 2. The standard InChI is InChI=1S/C9H6BrClN2O2/c1-13-8(5(11)4-12-13)9(14)6-2-3-7(10)15-6/h2-4H,1H3. The van der Waals surface area contributed by atoms with Crippen LogP contribution >= 0.6 is 27.5 Å². The maximum Gasteiger partial charge on any atom is 0.247 e. The van der Waals surface area contributed by atoms with E-state index in [-0.39, 0.29) is 11.5 Å². The molecular weight excluding hydrogens is 283 g/mol. The van der Waals surface area contributed by atoms with Crippen LogP contribution in [-0.2, 0) is 7.05 Å². The van der Waals surface area contributed by atoms with Crippen LogP contribution in [0.1, 0.15) is 16.2 Å². The first-order valence-corrected chi connectivity index (χ1v) is 5.24. The maximum atomic E-state index is 11.9. The molecule has 2 aromatic heterocycles. The second-order valence-electron chi connectivity index (χ2n) is 2.90. The van der Waals surface area contributed by atoms with Gasteiger partial charge in [0, 0.05) is 7.05 Å². The van der Waals surface area contributed by atoms with Crippen molar-refractivity contribution in [2.75, 3.05) is 0 Å². The van der Waals surface area contributed by atoms with E-state index in [1.54, 1.807) is 19.2 Å². The van der Waals surface area contributed by atoms with Crippen LogP contribution in [0.2, 0.25) is 5.02 Å². The smallest absolute Gasteiger partial charge is 0.247 e. The summed E-state index contributed by atoms with van der Waals surface area (Å²) in [5.74, 6) is -0.0573. The highest BCUT2D eigenvalue weighted by Crippen LogP contribution is 2.21. The predicted octanol–water partition coefficient (Wildman–Crippen LogP) is 2.66. The number of aryl methyl sites for hydroxylation is 1. The van der Waals surface area contributed by atoms with E-state index in [1.165, 1.54) is 10.9 Å². The van der Waals surface area contributed by atoms with Gasteiger partial charge in [-0.15, -0.1) is 0 Å². The van der Waals surface area contributed by atoms with E-state index in [2.05, 4.69) is 21.0 Å². The number of ketones is 1. The molecule has 0 bridgehead atoms. The Hall–Kier alpha value is -1.07. The number of aromatic nitrogens is 2. The van der Waals surface area contributed by atoms with Gasteiger partial charge in [0.15, 0.2) is 10.4 Å². The van der Waals surface area contributed by atoms with Crippen LogP contribution in [0.4, 0.5) is 0 Å². The van der Waals surface area contributed by atoms with Gasteiger partial charge < -0.3 is 4.42 Å². The zero-order valence-electron chi connectivity index (χ0n) is 7.70. The van der Waals surface area contributed by atoms with E-state index in [9.17, 15) is 4.79 Å². The first kappa shape index (κ1) is 10.4. The molecule has 2 aromatic rings. The summed E-state index contributed by atoms with van der Waals surface area (Å²) in [6.45, 7) is 0. The Morgan fingerprint density at radius 2 is 2.33 bits per heavy atom. The van der Waals surface area contributed by atoms with Gasteiger partial charge in [0.1, 0.15) is 5.69 Å². The lowest BCUT2D eigenvalue weighted by Gasteiger charge is -1.98. The van der Waals surface area contributed by atoms with Crippen molar-refractivity contribution < 1.29 is 9.21 Å². The molecule has 0 fully saturated rings. The topological polar surface area (TPSA) is 48.0 Å². The molecule has 0 aliphatic rings. The van der Waals surface area contributed by atoms with E-state index < -0.39 is 0 Å². The Labute approximate surface area is 99.0 Å². The third-order valence-corrected chi connectivity index (χ3v) is 2.61. The summed E-state index contributed by atoms with van der Waals surface area (Å²) in [5.41, 5.74) is 0.318. The molecule has 0 saturated heterocycles. The molecule has 2 rings (SSSR count). The van der Waals surface area contributed by atoms with Crippen molar-refractivity contribution in [2.24, 2.45) is 7.05 Å². The largest absolute Gasteiger partial charge is 0.446 e. The summed E-state index contributed by atoms with van der Waals surface area (Å²) in [4.78, 5) is 11.9. The normalized spacial score (nSPS) is 10.6. The van der Waals surface area contributed by atoms with Crippen LogP contribution in [0.5, 0.6) is 0 Å². The number of furan rings is 1. The minimum atomic E-state index is -0.286. The van der Waals surface area contributed by atoms with Gasteiger partial charge >= 0.3 is 0 Å². The molecule has 0 N–H and O–H groups in total. The van der Waals surface area contributed by atoms with Gasteiger partial charge in [-0.1, -0.05) is 11.6 Å². The molecule has 0 aliphatic carbocycles. The van der Waals surface area contributed by atoms with E-state index >= 15 is 0 Å². The summed E-state index contributed by atoms with van der Waals surface area (Å²) >= 11 is 8.97. The molecule has 0 aliphatic heterocycles. The second kappa shape index (κ2) is 3.83. The number of carbonyl (C=O) groups excluding carboxylic acids is 1. The summed E-state index contributed by atoms with van der Waals surface area (Å²) in [7, 11) is 1.65. The summed E-state index contributed by atoms with van der Waals surface area (Å²) in [6.07, 6.45) is 1.42. The number of hydrogen-bond acceptors (Lipinski definition) is 3. The first-order chi connectivity index (χ1) is 7.09. The lowest BCUT2D eigenvalue weighted by atomic mass is 10.2. The minimum Gasteiger partial charge on any atom is -0.446 e. The monoisotopic (exact) mass is 288 g/mol. The Kier molecular flexibility index (Phi) is 2.67. The van der Waals surface area contributed by atoms with Gasteiger partial charge in [-0.25, -0.2) is 0 Å². The van der Waals surface area contributed by atoms with E-state index in [1.807, 2.05) is 0 Å². The third-order valence-electron chi connectivity index (χ3n) is 1.91. The van der Waals surface area contributed by atoms with Crippen LogP contribution in [0, 0.1) is 0 Å². The number of hydrogen-bond donors (Lipinski definition) is 0. The highest BCUT2D eigenvalue weighted by Gasteiger charge is 2.20. The molecule has 0 atom stereocenters. The lowest BCUT2D eigenvalue weighted by molar-refractivity contribution is 0.0999. The quantitative estimate of drug-likeness (QED) is 0.799. The van der Waals surface area contributed by atoms with Crippen molar-refractivity contribution in [2.45, 2.75) is 0 Å². The van der Waals surface area contributed by atoms with E-state index in [0.29, 0.717) is 15.4 Å². The van der Waals surface area contributed by atoms with Crippen LogP contribution in [0.25, 0.3) is 0 Å². The minimum absolute atomic E-state index is 0.229. The maximum absolute atomic E-state index is 11.9. The average Bonchev–Trinajstić information content (AvgIpc) is 2.73. The molecule has 2 heterocycles. The Morgan fingerprint density at radius 3 is 2.80 bits per heavy atom. The molecule has 4 nitrogen and oxygen atoms in total.